The number of hydrogen-bond donors (Lipinski definition) is 1. The van der Waals surface area contributed by atoms with Crippen molar-refractivity contribution in [1.82, 2.24) is 9.88 Å². The summed E-state index contributed by atoms with van der Waals surface area (Å²) in [5.74, 6) is 0.289. The number of methoxy groups -OCH3 is 1. The van der Waals surface area contributed by atoms with Gasteiger partial charge in [-0.25, -0.2) is 4.39 Å². The van der Waals surface area contributed by atoms with Gasteiger partial charge in [-0.2, -0.15) is 0 Å². The smallest absolute Gasteiger partial charge is 0.256 e. The van der Waals surface area contributed by atoms with Crippen molar-refractivity contribution >= 4 is 55.8 Å². The van der Waals surface area contributed by atoms with Crippen molar-refractivity contribution in [3.8, 4) is 5.75 Å². The van der Waals surface area contributed by atoms with Crippen molar-refractivity contribution < 1.29 is 13.9 Å². The van der Waals surface area contributed by atoms with Gasteiger partial charge < -0.3 is 14.6 Å². The first-order valence-electron chi connectivity index (χ1n) is 10.8. The van der Waals surface area contributed by atoms with E-state index in [0.717, 1.165) is 37.9 Å². The van der Waals surface area contributed by atoms with Crippen molar-refractivity contribution in [1.29, 1.82) is 0 Å². The Balaban J connectivity index is 1.53. The molecule has 5 nitrogen and oxygen atoms in total. The van der Waals surface area contributed by atoms with E-state index in [-0.39, 0.29) is 17.8 Å². The summed E-state index contributed by atoms with van der Waals surface area (Å²) in [6.45, 7) is 0. The summed E-state index contributed by atoms with van der Waals surface area (Å²) in [7, 11) is 1.63. The van der Waals surface area contributed by atoms with Gasteiger partial charge in [0.15, 0.2) is 5.11 Å². The number of fused-ring (bicyclic) bond motifs is 4. The van der Waals surface area contributed by atoms with Crippen LogP contribution in [0.4, 0.5) is 10.1 Å². The standard InChI is InChI=1S/C26H19BrFN3O2S/c1-33-18-9-2-14(3-10-18)24-23-20(19-12-15(27)4-11-21(19)29-23)13-22-25(32)30(26(34)31(22)24)17-7-5-16(28)6-8-17/h2-12,22,24,29H,13H2,1H3. The Bertz CT molecular complexity index is 1450. The summed E-state index contributed by atoms with van der Waals surface area (Å²) < 4.78 is 19.9. The van der Waals surface area contributed by atoms with Gasteiger partial charge in [-0.15, -0.1) is 0 Å². The number of anilines is 1. The SMILES string of the molecule is COc1ccc(C2c3[nH]c4ccc(Br)cc4c3CC3C(=O)N(c4ccc(F)cc4)C(=S)N32)cc1. The van der Waals surface area contributed by atoms with Crippen molar-refractivity contribution in [3.63, 3.8) is 0 Å². The zero-order valence-electron chi connectivity index (χ0n) is 18.1. The summed E-state index contributed by atoms with van der Waals surface area (Å²) in [6, 6.07) is 19.1. The minimum absolute atomic E-state index is 0.106. The van der Waals surface area contributed by atoms with Gasteiger partial charge in [0, 0.05) is 27.5 Å². The number of aromatic amines is 1. The molecule has 0 saturated carbocycles. The lowest BCUT2D eigenvalue weighted by Crippen LogP contribution is -2.44. The number of carbonyl (C=O) groups excluding carboxylic acids is 1. The van der Waals surface area contributed by atoms with Gasteiger partial charge >= 0.3 is 0 Å². The Hall–Kier alpha value is -3.23. The summed E-state index contributed by atoms with van der Waals surface area (Å²) in [6.07, 6.45) is 0.523. The fourth-order valence-corrected chi connectivity index (χ4v) is 5.84. The summed E-state index contributed by atoms with van der Waals surface area (Å²) in [4.78, 5) is 20.8. The minimum atomic E-state index is -0.463. The van der Waals surface area contributed by atoms with Crippen molar-refractivity contribution in [2.24, 2.45) is 0 Å². The second kappa shape index (κ2) is 7.92. The third kappa shape index (κ3) is 3.16. The Morgan fingerprint density at radius 1 is 1.09 bits per heavy atom. The first-order chi connectivity index (χ1) is 16.5. The van der Waals surface area contributed by atoms with Crippen molar-refractivity contribution in [2.75, 3.05) is 12.0 Å². The molecule has 0 radical (unpaired) electrons. The fraction of sp³-hybridized carbons (Fsp3) is 0.154. The number of H-pyrrole nitrogens is 1. The average Bonchev–Trinajstić information content (AvgIpc) is 3.33. The molecule has 170 valence electrons. The third-order valence-electron chi connectivity index (χ3n) is 6.62. The lowest BCUT2D eigenvalue weighted by atomic mass is 9.89. The summed E-state index contributed by atoms with van der Waals surface area (Å²) >= 11 is 9.46. The van der Waals surface area contributed by atoms with Crippen LogP contribution in [0.5, 0.6) is 5.75 Å². The van der Waals surface area contributed by atoms with E-state index < -0.39 is 6.04 Å². The maximum absolute atomic E-state index is 13.7. The predicted molar refractivity (Wildman–Crippen MR) is 137 cm³/mol. The molecule has 6 rings (SSSR count). The number of nitrogens with one attached hydrogen (secondary N) is 1. The lowest BCUT2D eigenvalue weighted by Gasteiger charge is -2.37. The number of rotatable bonds is 3. The van der Waals surface area contributed by atoms with Crippen LogP contribution in [-0.4, -0.2) is 34.1 Å². The first kappa shape index (κ1) is 21.3. The molecular formula is C26H19BrFN3O2S. The molecular weight excluding hydrogens is 517 g/mol. The second-order valence-electron chi connectivity index (χ2n) is 8.44. The van der Waals surface area contributed by atoms with Gasteiger partial charge in [0.25, 0.3) is 5.91 Å². The van der Waals surface area contributed by atoms with E-state index in [1.807, 2.05) is 41.3 Å². The van der Waals surface area contributed by atoms with Gasteiger partial charge in [-0.1, -0.05) is 28.1 Å². The van der Waals surface area contributed by atoms with E-state index in [0.29, 0.717) is 17.2 Å². The monoisotopic (exact) mass is 535 g/mol. The number of ether oxygens (including phenoxy) is 1. The van der Waals surface area contributed by atoms with E-state index in [9.17, 15) is 9.18 Å². The quantitative estimate of drug-likeness (QED) is 0.340. The van der Waals surface area contributed by atoms with Gasteiger partial charge in [0.2, 0.25) is 0 Å². The number of halogens is 2. The Labute approximate surface area is 209 Å². The molecule has 3 heterocycles. The van der Waals surface area contributed by atoms with Crippen LogP contribution in [0.2, 0.25) is 0 Å². The predicted octanol–water partition coefficient (Wildman–Crippen LogP) is 5.73. The number of hydrogen-bond acceptors (Lipinski definition) is 3. The molecule has 3 aromatic carbocycles. The molecule has 1 amide bonds. The molecule has 4 aromatic rings. The zero-order valence-corrected chi connectivity index (χ0v) is 20.5. The number of nitrogens with zero attached hydrogens (tertiary/aromatic N) is 2. The van der Waals surface area contributed by atoms with Crippen LogP contribution >= 0.6 is 28.1 Å². The zero-order chi connectivity index (χ0) is 23.6. The highest BCUT2D eigenvalue weighted by molar-refractivity contribution is 9.10. The highest BCUT2D eigenvalue weighted by atomic mass is 79.9. The molecule has 8 heteroatoms. The number of amides is 1. The number of carbonyl (C=O) groups is 1. The van der Waals surface area contributed by atoms with Gasteiger partial charge in [-0.05, 0) is 77.9 Å². The van der Waals surface area contributed by atoms with E-state index in [1.165, 1.54) is 17.0 Å². The van der Waals surface area contributed by atoms with E-state index in [4.69, 9.17) is 17.0 Å². The van der Waals surface area contributed by atoms with E-state index >= 15 is 0 Å². The van der Waals surface area contributed by atoms with Crippen molar-refractivity contribution in [2.45, 2.75) is 18.5 Å². The molecule has 1 fully saturated rings. The average molecular weight is 536 g/mol. The van der Waals surface area contributed by atoms with Crippen LogP contribution in [0.25, 0.3) is 10.9 Å². The van der Waals surface area contributed by atoms with Gasteiger partial charge in [0.05, 0.1) is 18.8 Å². The van der Waals surface area contributed by atoms with Crippen LogP contribution in [-0.2, 0) is 11.2 Å². The van der Waals surface area contributed by atoms with Crippen LogP contribution in [0.1, 0.15) is 22.9 Å². The third-order valence-corrected chi connectivity index (χ3v) is 7.51. The van der Waals surface area contributed by atoms with E-state index in [2.05, 4.69) is 27.0 Å². The van der Waals surface area contributed by atoms with Crippen LogP contribution in [0.3, 0.4) is 0 Å². The maximum Gasteiger partial charge on any atom is 0.256 e. The molecule has 2 aliphatic rings. The van der Waals surface area contributed by atoms with Crippen LogP contribution in [0, 0.1) is 5.82 Å². The Morgan fingerprint density at radius 3 is 2.53 bits per heavy atom. The van der Waals surface area contributed by atoms with Crippen LogP contribution < -0.4 is 9.64 Å². The highest BCUT2D eigenvalue weighted by Gasteiger charge is 2.51. The normalized spacial score (nSPS) is 19.5. The molecule has 0 bridgehead atoms. The molecule has 1 N–H and O–H groups in total. The molecule has 0 aliphatic carbocycles. The number of thiocarbonyl (C=S) groups is 1. The molecule has 2 unspecified atom stereocenters. The molecule has 1 saturated heterocycles. The largest absolute Gasteiger partial charge is 0.497 e. The van der Waals surface area contributed by atoms with E-state index in [1.54, 1.807) is 19.2 Å². The molecule has 34 heavy (non-hydrogen) atoms. The molecule has 1 aromatic heterocycles. The summed E-state index contributed by atoms with van der Waals surface area (Å²) in [5, 5.41) is 1.49. The maximum atomic E-state index is 13.7. The first-order valence-corrected chi connectivity index (χ1v) is 12.0. The van der Waals surface area contributed by atoms with Crippen molar-refractivity contribution in [3.05, 3.63) is 93.8 Å². The molecule has 2 atom stereocenters. The molecule has 2 aliphatic heterocycles. The van der Waals surface area contributed by atoms with Gasteiger partial charge in [0.1, 0.15) is 17.6 Å². The number of benzene rings is 3. The Morgan fingerprint density at radius 2 is 1.82 bits per heavy atom. The second-order valence-corrected chi connectivity index (χ2v) is 9.72. The Kier molecular flexibility index (Phi) is 4.97. The highest BCUT2D eigenvalue weighted by Crippen LogP contribution is 2.45. The van der Waals surface area contributed by atoms with Gasteiger partial charge in [-0.3, -0.25) is 9.69 Å². The minimum Gasteiger partial charge on any atom is -0.497 e. The number of aromatic nitrogens is 1. The van der Waals surface area contributed by atoms with Crippen LogP contribution in [0.15, 0.2) is 71.2 Å². The lowest BCUT2D eigenvalue weighted by molar-refractivity contribution is -0.120. The topological polar surface area (TPSA) is 48.6 Å². The fourth-order valence-electron chi connectivity index (χ4n) is 5.05. The molecule has 0 spiro atoms. The summed E-state index contributed by atoms with van der Waals surface area (Å²) in [5.41, 5.74) is 4.70.